The minimum atomic E-state index is -0.137. The second kappa shape index (κ2) is 11.1. The summed E-state index contributed by atoms with van der Waals surface area (Å²) in [5.41, 5.74) is 9.22. The Kier molecular flexibility index (Phi) is 7.72. The first kappa shape index (κ1) is 27.9. The molecule has 4 nitrogen and oxygen atoms in total. The van der Waals surface area contributed by atoms with E-state index in [2.05, 4.69) is 124 Å². The lowest BCUT2D eigenvalue weighted by Crippen LogP contribution is -2.28. The highest BCUT2D eigenvalue weighted by molar-refractivity contribution is 6.07. The topological polar surface area (TPSA) is 32.5 Å². The van der Waals surface area contributed by atoms with Gasteiger partial charge >= 0.3 is 0 Å². The average Bonchev–Trinajstić information content (AvgIpc) is 3.29. The van der Waals surface area contributed by atoms with Crippen molar-refractivity contribution in [2.45, 2.75) is 71.6 Å². The van der Waals surface area contributed by atoms with Gasteiger partial charge in [-0.05, 0) is 75.1 Å². The summed E-state index contributed by atoms with van der Waals surface area (Å²) in [6, 6.07) is 20.1. The Hall–Kier alpha value is -3.66. The number of hydrogen-bond acceptors (Lipinski definition) is 3. The van der Waals surface area contributed by atoms with Gasteiger partial charge in [-0.2, -0.15) is 4.58 Å². The van der Waals surface area contributed by atoms with E-state index >= 15 is 0 Å². The molecular weight excluding hydrogens is 492 g/mol. The highest BCUT2D eigenvalue weighted by Gasteiger charge is 2.45. The van der Waals surface area contributed by atoms with Crippen molar-refractivity contribution in [2.75, 3.05) is 24.6 Å². The average molecular weight is 536 g/mol. The van der Waals surface area contributed by atoms with Crippen LogP contribution >= 0.6 is 0 Å². The number of ether oxygens (including phenoxy) is 1. The molecule has 0 aliphatic carbocycles. The molecule has 0 saturated carbocycles. The van der Waals surface area contributed by atoms with Crippen molar-refractivity contribution >= 4 is 34.3 Å². The van der Waals surface area contributed by atoms with Crippen molar-refractivity contribution in [1.29, 1.82) is 0 Å². The van der Waals surface area contributed by atoms with E-state index in [4.69, 9.17) is 4.74 Å². The van der Waals surface area contributed by atoms with E-state index in [0.29, 0.717) is 13.1 Å². The van der Waals surface area contributed by atoms with Crippen molar-refractivity contribution in [3.8, 4) is 0 Å². The highest BCUT2D eigenvalue weighted by atomic mass is 16.5. The number of hydrogen-bond donors (Lipinski definition) is 0. The van der Waals surface area contributed by atoms with Crippen LogP contribution in [0.3, 0.4) is 0 Å². The summed E-state index contributed by atoms with van der Waals surface area (Å²) in [5.74, 6) is 0. The highest BCUT2D eigenvalue weighted by Crippen LogP contribution is 2.48. The van der Waals surface area contributed by atoms with Gasteiger partial charge in [-0.25, -0.2) is 0 Å². The lowest BCUT2D eigenvalue weighted by Gasteiger charge is -2.25. The molecule has 0 atom stereocenters. The molecule has 2 heterocycles. The van der Waals surface area contributed by atoms with Crippen LogP contribution in [0.25, 0.3) is 10.8 Å². The molecule has 0 fully saturated rings. The first-order chi connectivity index (χ1) is 19.2. The van der Waals surface area contributed by atoms with Crippen LogP contribution in [0.4, 0.5) is 11.4 Å². The van der Waals surface area contributed by atoms with Gasteiger partial charge in [-0.1, -0.05) is 61.9 Å². The zero-order valence-corrected chi connectivity index (χ0v) is 25.0. The molecule has 2 aliphatic heterocycles. The molecule has 0 saturated heterocycles. The number of allylic oxidation sites excluding steroid dienone is 4. The number of carbonyl (C=O) groups excluding carboxylic acids is 1. The van der Waals surface area contributed by atoms with Gasteiger partial charge in [0.25, 0.3) is 6.47 Å². The Morgan fingerprint density at radius 2 is 1.75 bits per heavy atom. The molecule has 40 heavy (non-hydrogen) atoms. The Balaban J connectivity index is 1.53. The molecule has 2 aliphatic rings. The fraction of sp³-hybridized carbons (Fsp3) is 0.389. The smallest absolute Gasteiger partial charge is 0.293 e. The van der Waals surface area contributed by atoms with Crippen LogP contribution in [-0.4, -0.2) is 36.5 Å². The number of fused-ring (bicyclic) bond motifs is 4. The molecule has 3 aromatic rings. The second-order valence-electron chi connectivity index (χ2n) is 12.2. The van der Waals surface area contributed by atoms with Gasteiger partial charge in [-0.3, -0.25) is 4.79 Å². The summed E-state index contributed by atoms with van der Waals surface area (Å²) in [6.07, 6.45) is 9.89. The Morgan fingerprint density at radius 3 is 2.52 bits per heavy atom. The number of rotatable bonds is 10. The van der Waals surface area contributed by atoms with Crippen molar-refractivity contribution in [2.24, 2.45) is 0 Å². The lowest BCUT2D eigenvalue weighted by molar-refractivity contribution is -0.438. The van der Waals surface area contributed by atoms with E-state index in [1.807, 2.05) is 0 Å². The van der Waals surface area contributed by atoms with Crippen LogP contribution in [0.5, 0.6) is 0 Å². The minimum Gasteiger partial charge on any atom is -0.468 e. The van der Waals surface area contributed by atoms with Gasteiger partial charge in [0.1, 0.15) is 6.54 Å². The third kappa shape index (κ3) is 4.78. The third-order valence-corrected chi connectivity index (χ3v) is 8.84. The molecule has 0 N–H and O–H groups in total. The number of likely N-dealkylation sites (N-methyl/N-ethyl adjacent to an activating group) is 1. The maximum Gasteiger partial charge on any atom is 0.293 e. The number of benzene rings is 3. The molecule has 0 spiro atoms. The SMILES string of the molecule is CCN1/C(=C/C=CC2=[N+](CCCCCOC=O)c3ccc4ccccc4c3C2(C)C)C(C)(C)c2cc(C)ccc21. The van der Waals surface area contributed by atoms with Crippen LogP contribution in [0.2, 0.25) is 0 Å². The predicted octanol–water partition coefficient (Wildman–Crippen LogP) is 8.13. The van der Waals surface area contributed by atoms with Crippen LogP contribution in [0.1, 0.15) is 70.6 Å². The summed E-state index contributed by atoms with van der Waals surface area (Å²) < 4.78 is 7.43. The first-order valence-corrected chi connectivity index (χ1v) is 14.7. The van der Waals surface area contributed by atoms with Gasteiger partial charge in [0.15, 0.2) is 5.71 Å². The molecule has 0 bridgehead atoms. The summed E-state index contributed by atoms with van der Waals surface area (Å²) in [7, 11) is 0. The third-order valence-electron chi connectivity index (χ3n) is 8.84. The lowest BCUT2D eigenvalue weighted by atomic mass is 9.79. The Bertz CT molecular complexity index is 1520. The second-order valence-corrected chi connectivity index (χ2v) is 12.2. The molecule has 3 aromatic carbocycles. The zero-order chi connectivity index (χ0) is 28.5. The number of carbonyl (C=O) groups is 1. The first-order valence-electron chi connectivity index (χ1n) is 14.7. The fourth-order valence-corrected chi connectivity index (χ4v) is 6.82. The predicted molar refractivity (Wildman–Crippen MR) is 167 cm³/mol. The summed E-state index contributed by atoms with van der Waals surface area (Å²) in [5, 5.41) is 2.61. The van der Waals surface area contributed by atoms with Crippen molar-refractivity contribution in [1.82, 2.24) is 0 Å². The van der Waals surface area contributed by atoms with Gasteiger partial charge in [-0.15, -0.1) is 0 Å². The van der Waals surface area contributed by atoms with E-state index in [1.165, 1.54) is 50.2 Å². The standard InChI is InChI=1S/C36H43N2O2/c1-7-37-30-20-18-26(2)24-29(30)35(3,4)32(37)16-13-17-33-36(5,6)34-28-15-10-9-14-27(28)19-21-31(34)38(33)22-11-8-12-23-40-25-39/h9-10,13-21,24-25H,7-8,11-12,22-23H2,1-6H3/q+1. The van der Waals surface area contributed by atoms with Crippen LogP contribution in [0.15, 0.2) is 78.5 Å². The molecule has 208 valence electrons. The van der Waals surface area contributed by atoms with E-state index < -0.39 is 0 Å². The zero-order valence-electron chi connectivity index (χ0n) is 25.0. The molecular formula is C36H43N2O2+. The van der Waals surface area contributed by atoms with E-state index in [9.17, 15) is 4.79 Å². The molecule has 0 amide bonds. The number of nitrogens with zero attached hydrogens (tertiary/aromatic N) is 2. The molecule has 0 unspecified atom stereocenters. The number of anilines is 1. The van der Waals surface area contributed by atoms with Crippen molar-refractivity contribution in [3.63, 3.8) is 0 Å². The van der Waals surface area contributed by atoms with Gasteiger partial charge < -0.3 is 9.64 Å². The van der Waals surface area contributed by atoms with Gasteiger partial charge in [0.05, 0.1) is 12.0 Å². The van der Waals surface area contributed by atoms with Gasteiger partial charge in [0, 0.05) is 47.5 Å². The molecule has 4 heteroatoms. The van der Waals surface area contributed by atoms with Crippen molar-refractivity contribution < 1.29 is 14.1 Å². The van der Waals surface area contributed by atoms with Gasteiger partial charge in [0.2, 0.25) is 5.69 Å². The van der Waals surface area contributed by atoms with E-state index in [0.717, 1.165) is 32.4 Å². The molecule has 5 rings (SSSR count). The van der Waals surface area contributed by atoms with Crippen LogP contribution in [0, 0.1) is 6.92 Å². The Labute approximate surface area is 239 Å². The summed E-state index contributed by atoms with van der Waals surface area (Å²) in [4.78, 5) is 13.0. The normalized spacial score (nSPS) is 18.1. The quantitative estimate of drug-likeness (QED) is 0.149. The minimum absolute atomic E-state index is 0.0556. The fourth-order valence-electron chi connectivity index (χ4n) is 6.82. The van der Waals surface area contributed by atoms with Crippen LogP contribution < -0.4 is 4.90 Å². The summed E-state index contributed by atoms with van der Waals surface area (Å²) >= 11 is 0. The summed E-state index contributed by atoms with van der Waals surface area (Å²) in [6.45, 7) is 16.7. The number of unbranched alkanes of at least 4 members (excludes halogenated alkanes) is 2. The molecule has 0 aromatic heterocycles. The van der Waals surface area contributed by atoms with Crippen molar-refractivity contribution in [3.05, 3.63) is 95.2 Å². The maximum atomic E-state index is 10.5. The number of aryl methyl sites for hydroxylation is 1. The van der Waals surface area contributed by atoms with E-state index in [1.54, 1.807) is 0 Å². The maximum absolute atomic E-state index is 10.5. The van der Waals surface area contributed by atoms with Crippen LogP contribution in [-0.2, 0) is 20.4 Å². The Morgan fingerprint density at radius 1 is 0.950 bits per heavy atom. The van der Waals surface area contributed by atoms with E-state index in [-0.39, 0.29) is 10.8 Å². The molecule has 0 radical (unpaired) electrons. The monoisotopic (exact) mass is 535 g/mol. The largest absolute Gasteiger partial charge is 0.468 e.